The van der Waals surface area contributed by atoms with Crippen molar-refractivity contribution in [2.24, 2.45) is 0 Å². The molecular weight excluding hydrogens is 347 g/mol. The van der Waals surface area contributed by atoms with Crippen molar-refractivity contribution in [3.8, 4) is 0 Å². The van der Waals surface area contributed by atoms with Crippen LogP contribution in [0.3, 0.4) is 0 Å². The summed E-state index contributed by atoms with van der Waals surface area (Å²) in [5.74, 6) is -1.96. The Balaban J connectivity index is 2.66. The van der Waals surface area contributed by atoms with Gasteiger partial charge in [0.15, 0.2) is 5.82 Å². The number of hydrogen-bond donors (Lipinski definition) is 4. The Labute approximate surface area is 150 Å². The molecule has 0 radical (unpaired) electrons. The van der Waals surface area contributed by atoms with Crippen LogP contribution in [0.25, 0.3) is 0 Å². The Hall–Kier alpha value is -2.49. The van der Waals surface area contributed by atoms with Gasteiger partial charge >= 0.3 is 5.97 Å². The van der Waals surface area contributed by atoms with Crippen LogP contribution in [0.5, 0.6) is 0 Å². The molecule has 146 valence electrons. The van der Waals surface area contributed by atoms with Gasteiger partial charge < -0.3 is 25.5 Å². The zero-order valence-corrected chi connectivity index (χ0v) is 15.2. The maximum atomic E-state index is 12.8. The maximum Gasteiger partial charge on any atom is 0.308 e. The van der Waals surface area contributed by atoms with Crippen LogP contribution in [0.15, 0.2) is 12.4 Å². The Bertz CT molecular complexity index is 615. The molecule has 1 aromatic rings. The second-order valence-electron chi connectivity index (χ2n) is 6.76. The highest BCUT2D eigenvalue weighted by molar-refractivity contribution is 5.94. The number of aromatic nitrogens is 2. The molecule has 1 heterocycles. The summed E-state index contributed by atoms with van der Waals surface area (Å²) in [4.78, 5) is 42.3. The summed E-state index contributed by atoms with van der Waals surface area (Å²) in [6.45, 7) is 5.24. The van der Waals surface area contributed by atoms with Gasteiger partial charge in [0, 0.05) is 12.4 Å². The van der Waals surface area contributed by atoms with Crippen LogP contribution in [0.2, 0.25) is 0 Å². The van der Waals surface area contributed by atoms with E-state index in [4.69, 9.17) is 4.74 Å². The third-order valence-electron chi connectivity index (χ3n) is 3.21. The Kier molecular flexibility index (Phi) is 7.69. The molecule has 0 aliphatic heterocycles. The first-order valence-corrected chi connectivity index (χ1v) is 8.10. The van der Waals surface area contributed by atoms with Crippen molar-refractivity contribution >= 4 is 17.8 Å². The van der Waals surface area contributed by atoms with Gasteiger partial charge in [0.1, 0.15) is 24.4 Å². The van der Waals surface area contributed by atoms with Gasteiger partial charge in [-0.1, -0.05) is 0 Å². The third-order valence-corrected chi connectivity index (χ3v) is 3.21. The van der Waals surface area contributed by atoms with Crippen LogP contribution in [-0.2, 0) is 14.3 Å². The van der Waals surface area contributed by atoms with Crippen LogP contribution >= 0.6 is 0 Å². The molecule has 26 heavy (non-hydrogen) atoms. The lowest BCUT2D eigenvalue weighted by Gasteiger charge is -2.26. The van der Waals surface area contributed by atoms with Gasteiger partial charge in [0.05, 0.1) is 12.5 Å². The number of imidazole rings is 1. The van der Waals surface area contributed by atoms with E-state index in [2.05, 4.69) is 20.6 Å². The molecule has 0 fully saturated rings. The van der Waals surface area contributed by atoms with E-state index in [9.17, 15) is 23.9 Å². The van der Waals surface area contributed by atoms with Crippen molar-refractivity contribution in [3.05, 3.63) is 18.2 Å². The lowest BCUT2D eigenvalue weighted by molar-refractivity contribution is -0.156. The fraction of sp³-hybridized carbons (Fsp3) is 0.625. The normalized spacial score (nSPS) is 14.8. The number of H-pyrrole nitrogens is 1. The van der Waals surface area contributed by atoms with Gasteiger partial charge in [-0.3, -0.25) is 14.4 Å². The minimum atomic E-state index is -1.58. The topological polar surface area (TPSA) is 133 Å². The predicted octanol–water partition coefficient (Wildman–Crippen LogP) is 0.0750. The number of nitrogens with one attached hydrogen (secondary N) is 3. The molecule has 0 saturated heterocycles. The molecule has 9 nitrogen and oxygen atoms in total. The van der Waals surface area contributed by atoms with Crippen molar-refractivity contribution in [2.45, 2.75) is 57.9 Å². The van der Waals surface area contributed by atoms with Crippen molar-refractivity contribution in [2.75, 3.05) is 6.67 Å². The summed E-state index contributed by atoms with van der Waals surface area (Å²) < 4.78 is 17.9. The number of carbonyl (C=O) groups is 3. The summed E-state index contributed by atoms with van der Waals surface area (Å²) >= 11 is 0. The zero-order valence-electron chi connectivity index (χ0n) is 15.2. The molecule has 0 saturated carbocycles. The van der Waals surface area contributed by atoms with Crippen molar-refractivity contribution in [1.82, 2.24) is 20.6 Å². The molecule has 0 aromatic carbocycles. The number of carbonyl (C=O) groups excluding carboxylic acids is 3. The minimum absolute atomic E-state index is 0.0266. The number of aliphatic hydroxyl groups is 1. The zero-order chi connectivity index (χ0) is 19.9. The number of esters is 1. The molecule has 1 rings (SSSR count). The fourth-order valence-corrected chi connectivity index (χ4v) is 1.98. The molecule has 0 aliphatic rings. The van der Waals surface area contributed by atoms with Gasteiger partial charge in [-0.2, -0.15) is 0 Å². The number of ether oxygens (including phenoxy) is 1. The molecular formula is C16H25FN4O5. The van der Waals surface area contributed by atoms with Gasteiger partial charge in [0.2, 0.25) is 5.91 Å². The van der Waals surface area contributed by atoms with Crippen LogP contribution in [0, 0.1) is 0 Å². The van der Waals surface area contributed by atoms with Gasteiger partial charge in [0.25, 0.3) is 5.91 Å². The van der Waals surface area contributed by atoms with E-state index in [1.807, 2.05) is 0 Å². The molecule has 0 bridgehead atoms. The summed E-state index contributed by atoms with van der Waals surface area (Å²) in [5, 5.41) is 14.5. The number of aromatic amines is 1. The second kappa shape index (κ2) is 9.27. The van der Waals surface area contributed by atoms with E-state index in [0.29, 0.717) is 0 Å². The van der Waals surface area contributed by atoms with E-state index in [1.165, 1.54) is 19.3 Å². The lowest BCUT2D eigenvalue weighted by atomic mass is 10.1. The van der Waals surface area contributed by atoms with Crippen molar-refractivity contribution < 1.29 is 28.6 Å². The van der Waals surface area contributed by atoms with Gasteiger partial charge in [-0.25, -0.2) is 9.37 Å². The first-order valence-electron chi connectivity index (χ1n) is 8.10. The molecule has 10 heteroatoms. The highest BCUT2D eigenvalue weighted by Crippen LogP contribution is 2.11. The van der Waals surface area contributed by atoms with Gasteiger partial charge in [-0.15, -0.1) is 0 Å². The number of amides is 2. The summed E-state index contributed by atoms with van der Waals surface area (Å²) in [7, 11) is 0. The van der Waals surface area contributed by atoms with E-state index in [1.54, 1.807) is 20.8 Å². The fourth-order valence-electron chi connectivity index (χ4n) is 1.98. The highest BCUT2D eigenvalue weighted by Gasteiger charge is 2.29. The molecule has 2 amide bonds. The van der Waals surface area contributed by atoms with E-state index in [-0.39, 0.29) is 5.82 Å². The summed E-state index contributed by atoms with van der Waals surface area (Å²) in [6.07, 6.45) is 0.842. The van der Waals surface area contributed by atoms with Crippen LogP contribution in [-0.4, -0.2) is 63.3 Å². The SMILES string of the molecule is C[C@H](NC(=O)c1ncc[nH]1)C(=O)N[C@@H](CC(=O)OC(C)(C)C)[C@@H](O)CF. The molecule has 4 N–H and O–H groups in total. The molecule has 3 atom stereocenters. The number of nitrogens with zero attached hydrogens (tertiary/aromatic N) is 1. The first-order chi connectivity index (χ1) is 12.0. The summed E-state index contributed by atoms with van der Waals surface area (Å²) in [6, 6.07) is -2.19. The molecule has 0 unspecified atom stereocenters. The monoisotopic (exact) mass is 372 g/mol. The average Bonchev–Trinajstić information content (AvgIpc) is 3.05. The Morgan fingerprint density at radius 3 is 2.50 bits per heavy atom. The van der Waals surface area contributed by atoms with Crippen LogP contribution < -0.4 is 10.6 Å². The van der Waals surface area contributed by atoms with Crippen LogP contribution in [0.4, 0.5) is 4.39 Å². The number of aliphatic hydroxyl groups excluding tert-OH is 1. The van der Waals surface area contributed by atoms with Crippen molar-refractivity contribution in [1.29, 1.82) is 0 Å². The Morgan fingerprint density at radius 1 is 1.35 bits per heavy atom. The molecule has 0 aliphatic carbocycles. The smallest absolute Gasteiger partial charge is 0.308 e. The molecule has 0 spiro atoms. The first kappa shape index (κ1) is 21.6. The Morgan fingerprint density at radius 2 is 2.00 bits per heavy atom. The average molecular weight is 372 g/mol. The standard InChI is InChI=1S/C16H25FN4O5/c1-9(20-15(25)13-18-5-6-19-13)14(24)21-10(11(22)8-17)7-12(23)26-16(2,3)4/h5-6,9-11,22H,7-8H2,1-4H3,(H,18,19)(H,20,25)(H,21,24)/t9-,10-,11-/m0/s1. The van der Waals surface area contributed by atoms with E-state index >= 15 is 0 Å². The number of alkyl halides is 1. The predicted molar refractivity (Wildman–Crippen MR) is 89.9 cm³/mol. The maximum absolute atomic E-state index is 12.8. The van der Waals surface area contributed by atoms with Crippen LogP contribution in [0.1, 0.15) is 44.7 Å². The van der Waals surface area contributed by atoms with Gasteiger partial charge in [-0.05, 0) is 27.7 Å². The quantitative estimate of drug-likeness (QED) is 0.478. The third kappa shape index (κ3) is 7.18. The number of rotatable bonds is 8. The van der Waals surface area contributed by atoms with E-state index < -0.39 is 54.7 Å². The second-order valence-corrected chi connectivity index (χ2v) is 6.76. The largest absolute Gasteiger partial charge is 0.460 e. The number of halogens is 1. The number of hydrogen-bond acceptors (Lipinski definition) is 6. The van der Waals surface area contributed by atoms with Crippen molar-refractivity contribution in [3.63, 3.8) is 0 Å². The molecule has 1 aromatic heterocycles. The highest BCUT2D eigenvalue weighted by atomic mass is 19.1. The lowest BCUT2D eigenvalue weighted by Crippen LogP contribution is -2.52. The van der Waals surface area contributed by atoms with E-state index in [0.717, 1.165) is 0 Å². The summed E-state index contributed by atoms with van der Waals surface area (Å²) in [5.41, 5.74) is -0.753. The minimum Gasteiger partial charge on any atom is -0.460 e.